The highest BCUT2D eigenvalue weighted by Crippen LogP contribution is 2.62. The molecule has 2 aliphatic heterocycles. The molecule has 0 aromatic heterocycles. The van der Waals surface area contributed by atoms with Gasteiger partial charge in [0.25, 0.3) is 11.8 Å². The minimum absolute atomic E-state index is 0.00118. The molecule has 9 N–H and O–H groups in total. The van der Waals surface area contributed by atoms with Crippen molar-refractivity contribution in [1.29, 1.82) is 0 Å². The molecule has 18 atom stereocenters. The molecule has 2 heterocycles. The van der Waals surface area contributed by atoms with E-state index in [2.05, 4.69) is 126 Å². The third-order valence-corrected chi connectivity index (χ3v) is 26.6. The second-order valence-corrected chi connectivity index (χ2v) is 38.1. The minimum atomic E-state index is -1.07. The van der Waals surface area contributed by atoms with Crippen LogP contribution >= 0.6 is 0 Å². The van der Waals surface area contributed by atoms with Gasteiger partial charge in [0.05, 0.1) is 45.4 Å². The molecule has 0 radical (unpaired) electrons. The molecule has 2 saturated heterocycles. The Hall–Kier alpha value is -8.00. The number of carbonyl (C=O) groups is 6. The van der Waals surface area contributed by atoms with Gasteiger partial charge in [-0.05, 0) is 207 Å². The number of carbonyl (C=O) groups excluding carboxylic acids is 5. The first-order valence-electron chi connectivity index (χ1n) is 42.2. The highest BCUT2D eigenvalue weighted by atomic mass is 16.7. The Morgan fingerprint density at radius 3 is 1.56 bits per heavy atom. The number of nitrogens with one attached hydrogen (secondary N) is 5. The number of anilines is 2. The van der Waals surface area contributed by atoms with Gasteiger partial charge in [-0.1, -0.05) is 143 Å². The number of aliphatic hydroxyl groups is 3. The quantitative estimate of drug-likeness (QED) is 0.0193. The van der Waals surface area contributed by atoms with E-state index < -0.39 is 60.2 Å². The van der Waals surface area contributed by atoms with Crippen molar-refractivity contribution in [3.05, 3.63) is 137 Å². The molecule has 13 rings (SSSR count). The average molecular weight is 1600 g/mol. The summed E-state index contributed by atoms with van der Waals surface area (Å²) in [5, 5.41) is 61.2. The third-order valence-electron chi connectivity index (χ3n) is 26.6. The molecule has 23 nitrogen and oxygen atoms in total. The second-order valence-electron chi connectivity index (χ2n) is 38.1. The van der Waals surface area contributed by atoms with Crippen molar-refractivity contribution in [2.75, 3.05) is 78.9 Å². The maximum atomic E-state index is 14.6. The van der Waals surface area contributed by atoms with Crippen molar-refractivity contribution in [1.82, 2.24) is 41.6 Å². The summed E-state index contributed by atoms with van der Waals surface area (Å²) < 4.78 is 6.12. The lowest BCUT2D eigenvalue weighted by molar-refractivity contribution is -0.183. The van der Waals surface area contributed by atoms with Crippen LogP contribution in [0.15, 0.2) is 103 Å². The van der Waals surface area contributed by atoms with E-state index in [0.29, 0.717) is 58.3 Å². The Labute approximate surface area is 690 Å². The van der Waals surface area contributed by atoms with E-state index in [1.807, 2.05) is 144 Å². The van der Waals surface area contributed by atoms with Crippen LogP contribution in [0.3, 0.4) is 0 Å². The second kappa shape index (κ2) is 37.9. The van der Waals surface area contributed by atoms with Gasteiger partial charge in [-0.15, -0.1) is 0 Å². The van der Waals surface area contributed by atoms with E-state index >= 15 is 0 Å². The van der Waals surface area contributed by atoms with Gasteiger partial charge in [0.1, 0.15) is 30.0 Å². The molecule has 5 amide bonds. The van der Waals surface area contributed by atoms with Gasteiger partial charge in [-0.3, -0.25) is 38.4 Å². The Morgan fingerprint density at radius 1 is 0.621 bits per heavy atom. The van der Waals surface area contributed by atoms with Crippen LogP contribution in [0.2, 0.25) is 0 Å². The molecule has 4 bridgehead atoms. The smallest absolute Gasteiger partial charge is 0.303 e. The molecule has 636 valence electrons. The number of carboxylic acids is 1. The summed E-state index contributed by atoms with van der Waals surface area (Å²) in [6, 6.07) is 32.1. The summed E-state index contributed by atoms with van der Waals surface area (Å²) in [7, 11) is 13.5. The fraction of sp³-hybridized carbons (Fsp3) is 0.613. The fourth-order valence-corrected chi connectivity index (χ4v) is 20.0. The number of nitrogens with zero attached hydrogens (tertiary/aromatic N) is 5. The molecule has 5 aromatic rings. The number of aliphatic hydroxyl groups excluding tert-OH is 3. The Bertz CT molecular complexity index is 4230. The summed E-state index contributed by atoms with van der Waals surface area (Å²) in [6.45, 7) is 30.7. The van der Waals surface area contributed by atoms with E-state index in [0.717, 1.165) is 89.0 Å². The SMILES string of the molecule is COc1c(CN2O[C@@H](CO)[C@@H]([C@H](C)O)[C@H]2C(=O)N[C@H]2C[C@H]3C[C@@H]([C@@H]2C)C3(C)C)cccc1-c1cc(C(=O)N[C@H](Cc2ccccc2)CC(C)C)cc(N(C)C)c1.Cc1c(CN2O[C@@H](CNC(=O)CCC(=O)O)[C@@H]([C@H](C)O)[C@H]2C(=O)N[C@H]2C[C@H]3C[C@@H]([C@@H]2C)C3(C)C)cccc1-c1cc(C(=O)NC(CN(C)C)CC(C)(C)C)cc(N(C)C)c1. The molecular formula is C93H136N10O13. The molecule has 23 heteroatoms. The fourth-order valence-electron chi connectivity index (χ4n) is 20.0. The van der Waals surface area contributed by atoms with Crippen molar-refractivity contribution in [3.63, 3.8) is 0 Å². The minimum Gasteiger partial charge on any atom is -0.496 e. The molecule has 5 aromatic carbocycles. The third kappa shape index (κ3) is 21.2. The summed E-state index contributed by atoms with van der Waals surface area (Å²) in [6.07, 6.45) is 2.75. The average Bonchev–Trinajstić information content (AvgIpc) is 0.788. The van der Waals surface area contributed by atoms with Crippen molar-refractivity contribution >= 4 is 46.9 Å². The first kappa shape index (κ1) is 90.3. The number of hydrogen-bond acceptors (Lipinski definition) is 17. The predicted molar refractivity (Wildman–Crippen MR) is 456 cm³/mol. The zero-order valence-electron chi connectivity index (χ0n) is 72.9. The van der Waals surface area contributed by atoms with Gasteiger partial charge in [0.2, 0.25) is 17.7 Å². The topological polar surface area (TPSA) is 287 Å². The van der Waals surface area contributed by atoms with Gasteiger partial charge in [0, 0.05) is 117 Å². The summed E-state index contributed by atoms with van der Waals surface area (Å²) in [5.41, 5.74) is 10.6. The highest BCUT2D eigenvalue weighted by Gasteiger charge is 2.59. The number of carboxylic acid groups (broad SMARTS) is 1. The first-order chi connectivity index (χ1) is 54.6. The molecule has 1 unspecified atom stereocenters. The van der Waals surface area contributed by atoms with E-state index in [-0.39, 0.29) is 103 Å². The number of fused-ring (bicyclic) bond motifs is 4. The Balaban J connectivity index is 0.000000245. The van der Waals surface area contributed by atoms with E-state index in [1.54, 1.807) is 31.1 Å². The summed E-state index contributed by atoms with van der Waals surface area (Å²) >= 11 is 0. The van der Waals surface area contributed by atoms with Crippen LogP contribution in [0.25, 0.3) is 22.3 Å². The van der Waals surface area contributed by atoms with Crippen LogP contribution in [0.4, 0.5) is 11.4 Å². The van der Waals surface area contributed by atoms with Gasteiger partial charge >= 0.3 is 5.97 Å². The molecule has 6 aliphatic carbocycles. The number of para-hydroxylation sites is 1. The number of ether oxygens (including phenoxy) is 1. The first-order valence-corrected chi connectivity index (χ1v) is 42.2. The highest BCUT2D eigenvalue weighted by molar-refractivity contribution is 5.98. The van der Waals surface area contributed by atoms with Gasteiger partial charge in [0.15, 0.2) is 0 Å². The maximum Gasteiger partial charge on any atom is 0.303 e. The van der Waals surface area contributed by atoms with Crippen molar-refractivity contribution in [2.24, 2.45) is 69.5 Å². The van der Waals surface area contributed by atoms with Gasteiger partial charge in [-0.2, -0.15) is 10.1 Å². The number of hydroxylamine groups is 4. The van der Waals surface area contributed by atoms with E-state index in [4.69, 9.17) is 19.5 Å². The van der Waals surface area contributed by atoms with Crippen LogP contribution in [0, 0.1) is 76.4 Å². The molecule has 8 fully saturated rings. The van der Waals surface area contributed by atoms with Crippen molar-refractivity contribution in [3.8, 4) is 28.0 Å². The van der Waals surface area contributed by atoms with Crippen LogP contribution in [-0.4, -0.2) is 201 Å². The number of benzene rings is 5. The maximum absolute atomic E-state index is 14.6. The molecule has 6 saturated carbocycles. The lowest BCUT2D eigenvalue weighted by Crippen LogP contribution is -2.62. The monoisotopic (exact) mass is 1600 g/mol. The predicted octanol–water partition coefficient (Wildman–Crippen LogP) is 11.9. The lowest BCUT2D eigenvalue weighted by Gasteiger charge is -2.62. The van der Waals surface area contributed by atoms with Crippen LogP contribution in [0.1, 0.15) is 184 Å². The Morgan fingerprint density at radius 2 is 1.10 bits per heavy atom. The standard InChI is InChI=1S/C47H72N6O7.C46H64N4O6/c1-27-30(14-13-15-36(27)31-18-32(20-35(19-31)52(11)12)44(58)49-34(26-51(9)10)23-46(4,5)6)25-53-43(45(59)50-38-22-33-21-37(28(38)2)47(33,7)8)42(29(3)54)39(60-53)24-48-40(55)16-17-41(56)57;1-27(2)18-35(19-30-14-11-10-12-15-30)47-44(53)33-20-32(21-36(22-33)49(7)8)37-17-13-16-31(43(37)55-9)25-50-42(41(29(4)52)40(26-51)56-50)45(54)48-39-24-34-23-38(28(39)3)46(34,5)6/h13-15,18-20,28-29,33-34,37-39,42-43,54H,16-17,21-26H2,1-12H3,(H,48,55)(H,49,58)(H,50,59)(H,56,57);10-17,20-22,27-29,34-35,38-42,51-52H,18-19,23-26H2,1-9H3,(H,47,53)(H,48,54)/t28-,29-,33+,34?,37-,38-,39-,42+,43-;28-,29-,34+,35-,38-,39-,40-,41+,42-/m00/s1. The summed E-state index contributed by atoms with van der Waals surface area (Å²) in [5.74, 6) is 0.257. The number of hydrogen-bond donors (Lipinski definition) is 9. The zero-order valence-corrected chi connectivity index (χ0v) is 72.9. The normalized spacial score (nSPS) is 26.2. The van der Waals surface area contributed by atoms with Crippen LogP contribution < -0.4 is 41.1 Å². The lowest BCUT2D eigenvalue weighted by atomic mass is 9.45. The molecule has 8 aliphatic rings. The molecular weight excluding hydrogens is 1470 g/mol. The number of rotatable bonds is 32. The van der Waals surface area contributed by atoms with Gasteiger partial charge in [-0.25, -0.2) is 0 Å². The van der Waals surface area contributed by atoms with Crippen molar-refractivity contribution < 1.29 is 63.6 Å². The van der Waals surface area contributed by atoms with E-state index in [1.165, 1.54) is 18.4 Å². The van der Waals surface area contributed by atoms with E-state index in [9.17, 15) is 44.1 Å². The number of amides is 5. The molecule has 0 spiro atoms. The Kier molecular flexibility index (Phi) is 29.5. The number of likely N-dealkylation sites (N-methyl/N-ethyl adjacent to an activating group) is 1. The van der Waals surface area contributed by atoms with Gasteiger partial charge < -0.3 is 66.4 Å². The summed E-state index contributed by atoms with van der Waals surface area (Å²) in [4.78, 5) is 99.5. The van der Waals surface area contributed by atoms with Crippen LogP contribution in [0.5, 0.6) is 5.75 Å². The number of aliphatic carboxylic acids is 1. The zero-order chi connectivity index (χ0) is 84.9. The van der Waals surface area contributed by atoms with Crippen LogP contribution in [-0.2, 0) is 48.4 Å². The van der Waals surface area contributed by atoms with Crippen molar-refractivity contribution in [2.45, 2.75) is 228 Å². The molecule has 116 heavy (non-hydrogen) atoms. The largest absolute Gasteiger partial charge is 0.496 e. The number of methoxy groups -OCH3 is 1.